The van der Waals surface area contributed by atoms with Gasteiger partial charge in [-0.3, -0.25) is 10.1 Å². The van der Waals surface area contributed by atoms with Gasteiger partial charge in [0.1, 0.15) is 5.54 Å². The number of methoxy groups -OCH3 is 1. The van der Waals surface area contributed by atoms with Crippen LogP contribution in [0.15, 0.2) is 17.5 Å². The largest absolute Gasteiger partial charge is 0.468 e. The van der Waals surface area contributed by atoms with Crippen molar-refractivity contribution >= 4 is 17.3 Å². The SMILES string of the molecule is COC(=O)C(CC(C)C)(CC(C)C)NCc1cccs1. The molecule has 114 valence electrons. The van der Waals surface area contributed by atoms with Gasteiger partial charge in [-0.15, -0.1) is 11.3 Å². The average Bonchev–Trinajstić information content (AvgIpc) is 2.86. The molecule has 0 bridgehead atoms. The van der Waals surface area contributed by atoms with Gasteiger partial charge < -0.3 is 4.74 Å². The van der Waals surface area contributed by atoms with E-state index >= 15 is 0 Å². The fourth-order valence-corrected chi connectivity index (χ4v) is 3.37. The standard InChI is InChI=1S/C16H27NO2S/c1-12(2)9-16(10-13(3)4,15(18)19-5)17-11-14-7-6-8-20-14/h6-8,12-13,17H,9-11H2,1-5H3. The lowest BCUT2D eigenvalue weighted by atomic mass is 9.81. The maximum absolute atomic E-state index is 12.4. The Labute approximate surface area is 126 Å². The average molecular weight is 297 g/mol. The highest BCUT2D eigenvalue weighted by atomic mass is 32.1. The number of carbonyl (C=O) groups is 1. The quantitative estimate of drug-likeness (QED) is 0.741. The third kappa shape index (κ3) is 4.91. The van der Waals surface area contributed by atoms with E-state index in [0.29, 0.717) is 18.4 Å². The molecule has 3 nitrogen and oxygen atoms in total. The minimum atomic E-state index is -0.582. The Hall–Kier alpha value is -0.870. The molecule has 1 rings (SSSR count). The highest BCUT2D eigenvalue weighted by Crippen LogP contribution is 2.27. The van der Waals surface area contributed by atoms with Crippen molar-refractivity contribution in [2.24, 2.45) is 11.8 Å². The number of thiophene rings is 1. The van der Waals surface area contributed by atoms with Gasteiger partial charge in [0, 0.05) is 11.4 Å². The van der Waals surface area contributed by atoms with Gasteiger partial charge in [0.25, 0.3) is 0 Å². The second kappa shape index (κ2) is 7.79. The van der Waals surface area contributed by atoms with Crippen molar-refractivity contribution in [1.82, 2.24) is 5.32 Å². The van der Waals surface area contributed by atoms with Crippen LogP contribution in [0.4, 0.5) is 0 Å². The van der Waals surface area contributed by atoms with E-state index in [-0.39, 0.29) is 5.97 Å². The van der Waals surface area contributed by atoms with Crippen molar-refractivity contribution in [3.05, 3.63) is 22.4 Å². The molecule has 4 heteroatoms. The van der Waals surface area contributed by atoms with Crippen LogP contribution in [0.3, 0.4) is 0 Å². The second-order valence-corrected chi connectivity index (χ2v) is 7.23. The molecule has 1 heterocycles. The van der Waals surface area contributed by atoms with Gasteiger partial charge in [-0.1, -0.05) is 33.8 Å². The molecule has 1 N–H and O–H groups in total. The van der Waals surface area contributed by atoms with E-state index in [1.807, 2.05) is 6.07 Å². The summed E-state index contributed by atoms with van der Waals surface area (Å²) in [4.78, 5) is 13.6. The van der Waals surface area contributed by atoms with E-state index in [9.17, 15) is 4.79 Å². The minimum absolute atomic E-state index is 0.142. The summed E-state index contributed by atoms with van der Waals surface area (Å²) in [5, 5.41) is 5.54. The fraction of sp³-hybridized carbons (Fsp3) is 0.688. The zero-order chi connectivity index (χ0) is 15.2. The van der Waals surface area contributed by atoms with Crippen LogP contribution in [-0.4, -0.2) is 18.6 Å². The molecule has 1 aromatic heterocycles. The Kier molecular flexibility index (Phi) is 6.69. The summed E-state index contributed by atoms with van der Waals surface area (Å²) in [6, 6.07) is 4.12. The Morgan fingerprint density at radius 3 is 2.30 bits per heavy atom. The van der Waals surface area contributed by atoms with Crippen molar-refractivity contribution in [2.45, 2.75) is 52.6 Å². The number of ether oxygens (including phenoxy) is 1. The first-order valence-corrected chi connectivity index (χ1v) is 8.13. The number of rotatable bonds is 8. The van der Waals surface area contributed by atoms with Crippen LogP contribution >= 0.6 is 11.3 Å². The topological polar surface area (TPSA) is 38.3 Å². The van der Waals surface area contributed by atoms with Gasteiger partial charge in [0.2, 0.25) is 0 Å². The molecular weight excluding hydrogens is 270 g/mol. The van der Waals surface area contributed by atoms with E-state index in [0.717, 1.165) is 12.8 Å². The molecule has 0 unspecified atom stereocenters. The lowest BCUT2D eigenvalue weighted by Crippen LogP contribution is -2.54. The third-order valence-corrected chi connectivity index (χ3v) is 4.15. The maximum Gasteiger partial charge on any atom is 0.326 e. The van der Waals surface area contributed by atoms with Crippen LogP contribution in [0.2, 0.25) is 0 Å². The minimum Gasteiger partial charge on any atom is -0.468 e. The molecule has 0 saturated carbocycles. The van der Waals surface area contributed by atoms with E-state index in [1.54, 1.807) is 11.3 Å². The van der Waals surface area contributed by atoms with Crippen LogP contribution in [0.1, 0.15) is 45.4 Å². The Morgan fingerprint density at radius 2 is 1.90 bits per heavy atom. The van der Waals surface area contributed by atoms with Gasteiger partial charge in [0.15, 0.2) is 0 Å². The van der Waals surface area contributed by atoms with Crippen molar-refractivity contribution in [3.63, 3.8) is 0 Å². The highest BCUT2D eigenvalue weighted by Gasteiger charge is 2.40. The van der Waals surface area contributed by atoms with E-state index in [2.05, 4.69) is 44.5 Å². The summed E-state index contributed by atoms with van der Waals surface area (Å²) in [5.74, 6) is 0.726. The van der Waals surface area contributed by atoms with Crippen molar-refractivity contribution in [1.29, 1.82) is 0 Å². The Morgan fingerprint density at radius 1 is 1.30 bits per heavy atom. The monoisotopic (exact) mass is 297 g/mol. The second-order valence-electron chi connectivity index (χ2n) is 6.20. The van der Waals surface area contributed by atoms with Crippen LogP contribution in [-0.2, 0) is 16.1 Å². The lowest BCUT2D eigenvalue weighted by molar-refractivity contribution is -0.150. The van der Waals surface area contributed by atoms with Crippen LogP contribution in [0.25, 0.3) is 0 Å². The molecule has 20 heavy (non-hydrogen) atoms. The number of nitrogens with one attached hydrogen (secondary N) is 1. The van der Waals surface area contributed by atoms with Gasteiger partial charge in [0.05, 0.1) is 7.11 Å². The molecule has 0 aromatic carbocycles. The Bertz CT molecular complexity index is 389. The smallest absolute Gasteiger partial charge is 0.326 e. The summed E-state index contributed by atoms with van der Waals surface area (Å²) in [7, 11) is 1.48. The zero-order valence-corrected chi connectivity index (χ0v) is 14.0. The lowest BCUT2D eigenvalue weighted by Gasteiger charge is -2.35. The predicted octanol–water partition coefficient (Wildman–Crippen LogP) is 3.84. The predicted molar refractivity (Wildman–Crippen MR) is 84.8 cm³/mol. The molecule has 0 amide bonds. The highest BCUT2D eigenvalue weighted by molar-refractivity contribution is 7.09. The van der Waals surface area contributed by atoms with Crippen LogP contribution in [0, 0.1) is 11.8 Å². The van der Waals surface area contributed by atoms with Gasteiger partial charge in [-0.05, 0) is 36.1 Å². The molecule has 0 radical (unpaired) electrons. The first-order valence-electron chi connectivity index (χ1n) is 7.25. The maximum atomic E-state index is 12.4. The molecule has 0 aliphatic rings. The molecule has 0 spiro atoms. The van der Waals surface area contributed by atoms with E-state index < -0.39 is 5.54 Å². The van der Waals surface area contributed by atoms with E-state index in [1.165, 1.54) is 12.0 Å². The molecular formula is C16H27NO2S. The third-order valence-electron chi connectivity index (χ3n) is 3.27. The molecule has 1 aromatic rings. The summed E-state index contributed by atoms with van der Waals surface area (Å²) < 4.78 is 5.09. The zero-order valence-electron chi connectivity index (χ0n) is 13.2. The van der Waals surface area contributed by atoms with Crippen molar-refractivity contribution < 1.29 is 9.53 Å². The first kappa shape index (κ1) is 17.2. The van der Waals surface area contributed by atoms with Gasteiger partial charge in [-0.25, -0.2) is 0 Å². The van der Waals surface area contributed by atoms with Gasteiger partial charge in [-0.2, -0.15) is 0 Å². The molecule has 0 fully saturated rings. The fourth-order valence-electron chi connectivity index (χ4n) is 2.73. The normalized spacial score (nSPS) is 12.2. The summed E-state index contributed by atoms with van der Waals surface area (Å²) in [6.07, 6.45) is 1.59. The summed E-state index contributed by atoms with van der Waals surface area (Å²) in [5.41, 5.74) is -0.582. The van der Waals surface area contributed by atoms with Crippen LogP contribution in [0.5, 0.6) is 0 Å². The molecule has 0 aliphatic carbocycles. The number of hydrogen-bond donors (Lipinski definition) is 1. The Balaban J connectivity index is 2.91. The first-order chi connectivity index (χ1) is 9.39. The molecule has 0 aliphatic heterocycles. The van der Waals surface area contributed by atoms with E-state index in [4.69, 9.17) is 4.74 Å². The molecule has 0 saturated heterocycles. The number of carbonyl (C=O) groups excluding carboxylic acids is 1. The number of hydrogen-bond acceptors (Lipinski definition) is 4. The molecule has 0 atom stereocenters. The van der Waals surface area contributed by atoms with Crippen LogP contribution < -0.4 is 5.32 Å². The van der Waals surface area contributed by atoms with Crippen molar-refractivity contribution in [3.8, 4) is 0 Å². The number of esters is 1. The summed E-state index contributed by atoms with van der Waals surface area (Å²) >= 11 is 1.71. The van der Waals surface area contributed by atoms with Gasteiger partial charge >= 0.3 is 5.97 Å². The summed E-state index contributed by atoms with van der Waals surface area (Å²) in [6.45, 7) is 9.29. The van der Waals surface area contributed by atoms with Crippen molar-refractivity contribution in [2.75, 3.05) is 7.11 Å².